The van der Waals surface area contributed by atoms with Gasteiger partial charge in [0.2, 0.25) is 0 Å². The lowest BCUT2D eigenvalue weighted by Crippen LogP contribution is -2.34. The Bertz CT molecular complexity index is 1030. The van der Waals surface area contributed by atoms with Crippen LogP contribution in [0.2, 0.25) is 0 Å². The lowest BCUT2D eigenvalue weighted by atomic mass is 10.0. The first kappa shape index (κ1) is 22.8. The van der Waals surface area contributed by atoms with Crippen LogP contribution in [-0.2, 0) is 22.5 Å². The Kier molecular flexibility index (Phi) is 7.33. The summed E-state index contributed by atoms with van der Waals surface area (Å²) in [5.41, 5.74) is -0.426. The largest absolute Gasteiger partial charge is 0.394 e. The smallest absolute Gasteiger partial charge is 0.330 e. The second kappa shape index (κ2) is 9.96. The van der Waals surface area contributed by atoms with Crippen LogP contribution in [0.15, 0.2) is 40.1 Å². The first-order valence-electron chi connectivity index (χ1n) is 9.89. The van der Waals surface area contributed by atoms with Gasteiger partial charge in [-0.05, 0) is 12.3 Å². The molecule has 1 saturated heterocycles. The Morgan fingerprint density at radius 3 is 2.77 bits per heavy atom. The summed E-state index contributed by atoms with van der Waals surface area (Å²) in [5.74, 6) is -0.0512. The quantitative estimate of drug-likeness (QED) is 0.379. The summed E-state index contributed by atoms with van der Waals surface area (Å²) in [7, 11) is 0. The standard InChI is InChI=1S/C20H25N3O8/c1-12(6-13-4-2-3-5-15(13)23(28)29)10-30-11-14-8-22(20(27)21-19(14)26)18-7-16(25)17(9-24)31-18/h2-5,8,12,16-18,24-25H,6-7,9-11H2,1H3,(H,21,26,27)/t12?,16?,17-,18-/m0/s1. The van der Waals surface area contributed by atoms with Crippen molar-refractivity contribution in [2.24, 2.45) is 5.92 Å². The van der Waals surface area contributed by atoms with Gasteiger partial charge in [0.05, 0.1) is 29.8 Å². The van der Waals surface area contributed by atoms with Crippen LogP contribution in [-0.4, -0.2) is 50.1 Å². The van der Waals surface area contributed by atoms with Crippen LogP contribution in [0.5, 0.6) is 0 Å². The Morgan fingerprint density at radius 2 is 2.10 bits per heavy atom. The van der Waals surface area contributed by atoms with Crippen LogP contribution in [0.4, 0.5) is 5.69 Å². The van der Waals surface area contributed by atoms with Gasteiger partial charge in [0.25, 0.3) is 11.2 Å². The second-order valence-corrected chi connectivity index (χ2v) is 7.65. The van der Waals surface area contributed by atoms with Crippen LogP contribution >= 0.6 is 0 Å². The molecule has 3 rings (SSSR count). The van der Waals surface area contributed by atoms with E-state index in [4.69, 9.17) is 9.47 Å². The van der Waals surface area contributed by atoms with Gasteiger partial charge in [-0.15, -0.1) is 0 Å². The lowest BCUT2D eigenvalue weighted by Gasteiger charge is -2.16. The van der Waals surface area contributed by atoms with E-state index in [1.54, 1.807) is 18.2 Å². The average molecular weight is 435 g/mol. The molecule has 2 aromatic rings. The number of nitro groups is 1. The lowest BCUT2D eigenvalue weighted by molar-refractivity contribution is -0.385. The normalized spacial score (nSPS) is 21.8. The summed E-state index contributed by atoms with van der Waals surface area (Å²) in [4.78, 5) is 37.2. The molecule has 1 aliphatic rings. The predicted molar refractivity (Wildman–Crippen MR) is 109 cm³/mol. The molecule has 1 aromatic carbocycles. The number of aliphatic hydroxyl groups is 2. The number of rotatable bonds is 9. The highest BCUT2D eigenvalue weighted by Crippen LogP contribution is 2.27. The van der Waals surface area contributed by atoms with Gasteiger partial charge in [-0.3, -0.25) is 24.5 Å². The van der Waals surface area contributed by atoms with Gasteiger partial charge >= 0.3 is 5.69 Å². The molecule has 1 fully saturated rings. The van der Waals surface area contributed by atoms with Crippen LogP contribution < -0.4 is 11.2 Å². The Hall–Kier alpha value is -2.86. The first-order valence-corrected chi connectivity index (χ1v) is 9.89. The fraction of sp³-hybridized carbons (Fsp3) is 0.500. The fourth-order valence-electron chi connectivity index (χ4n) is 3.56. The average Bonchev–Trinajstić information content (AvgIpc) is 3.10. The zero-order valence-corrected chi connectivity index (χ0v) is 17.0. The minimum atomic E-state index is -0.920. The topological polar surface area (TPSA) is 157 Å². The number of hydrogen-bond donors (Lipinski definition) is 3. The highest BCUT2D eigenvalue weighted by atomic mass is 16.6. The number of ether oxygens (including phenoxy) is 2. The molecule has 0 saturated carbocycles. The van der Waals surface area contributed by atoms with Crippen molar-refractivity contribution < 1.29 is 24.6 Å². The molecule has 0 bridgehead atoms. The van der Waals surface area contributed by atoms with Gasteiger partial charge < -0.3 is 19.7 Å². The third-order valence-electron chi connectivity index (χ3n) is 5.15. The molecule has 0 radical (unpaired) electrons. The van der Waals surface area contributed by atoms with Crippen molar-refractivity contribution in [3.05, 3.63) is 72.5 Å². The van der Waals surface area contributed by atoms with Crippen molar-refractivity contribution in [2.75, 3.05) is 13.2 Å². The third-order valence-corrected chi connectivity index (χ3v) is 5.15. The highest BCUT2D eigenvalue weighted by molar-refractivity contribution is 5.39. The van der Waals surface area contributed by atoms with E-state index in [9.17, 15) is 29.9 Å². The molecule has 3 N–H and O–H groups in total. The number of nitrogens with zero attached hydrogens (tertiary/aromatic N) is 2. The number of H-pyrrole nitrogens is 1. The fourth-order valence-corrected chi connectivity index (χ4v) is 3.56. The van der Waals surface area contributed by atoms with Crippen LogP contribution in [0, 0.1) is 16.0 Å². The number of para-hydroxylation sites is 1. The highest BCUT2D eigenvalue weighted by Gasteiger charge is 2.35. The summed E-state index contributed by atoms with van der Waals surface area (Å²) in [5, 5.41) is 30.2. The van der Waals surface area contributed by atoms with Gasteiger partial charge in [-0.1, -0.05) is 25.1 Å². The molecule has 2 heterocycles. The minimum absolute atomic E-state index is 0.0512. The number of nitro benzene ring substituents is 1. The van der Waals surface area contributed by atoms with E-state index in [-0.39, 0.29) is 43.4 Å². The van der Waals surface area contributed by atoms with E-state index in [0.717, 1.165) is 4.57 Å². The first-order chi connectivity index (χ1) is 14.8. The van der Waals surface area contributed by atoms with Gasteiger partial charge in [0.1, 0.15) is 12.3 Å². The monoisotopic (exact) mass is 435 g/mol. The van der Waals surface area contributed by atoms with Crippen molar-refractivity contribution in [3.63, 3.8) is 0 Å². The number of nitrogens with one attached hydrogen (secondary N) is 1. The van der Waals surface area contributed by atoms with E-state index in [0.29, 0.717) is 12.0 Å². The zero-order chi connectivity index (χ0) is 22.5. The SMILES string of the molecule is CC(COCc1cn([C@@H]2CC(O)[C@H](CO)O2)c(=O)[nH]c1=O)Cc1ccccc1[N+](=O)[O-]. The molecule has 11 nitrogen and oxygen atoms in total. The Labute approximate surface area is 177 Å². The molecule has 1 aromatic heterocycles. The van der Waals surface area contributed by atoms with E-state index in [2.05, 4.69) is 4.98 Å². The molecular formula is C20H25N3O8. The van der Waals surface area contributed by atoms with Crippen LogP contribution in [0.3, 0.4) is 0 Å². The maximum absolute atomic E-state index is 12.1. The molecule has 11 heteroatoms. The summed E-state index contributed by atoms with van der Waals surface area (Å²) < 4.78 is 12.3. The molecule has 4 atom stereocenters. The number of aromatic amines is 1. The molecule has 1 aliphatic heterocycles. The van der Waals surface area contributed by atoms with E-state index < -0.39 is 34.6 Å². The Balaban J connectivity index is 1.63. The number of benzene rings is 1. The van der Waals surface area contributed by atoms with E-state index >= 15 is 0 Å². The molecule has 31 heavy (non-hydrogen) atoms. The molecule has 0 amide bonds. The summed E-state index contributed by atoms with van der Waals surface area (Å²) in [6.07, 6.45) is -0.672. The zero-order valence-electron chi connectivity index (χ0n) is 17.0. The van der Waals surface area contributed by atoms with Crippen molar-refractivity contribution in [1.29, 1.82) is 0 Å². The van der Waals surface area contributed by atoms with Gasteiger partial charge in [-0.25, -0.2) is 4.79 Å². The van der Waals surface area contributed by atoms with Gasteiger partial charge in [0.15, 0.2) is 0 Å². The van der Waals surface area contributed by atoms with Gasteiger partial charge in [0, 0.05) is 30.9 Å². The van der Waals surface area contributed by atoms with Crippen LogP contribution in [0.25, 0.3) is 0 Å². The molecule has 2 unspecified atom stereocenters. The molecule has 0 aliphatic carbocycles. The molecule has 168 valence electrons. The van der Waals surface area contributed by atoms with Crippen LogP contribution in [0.1, 0.15) is 30.7 Å². The third kappa shape index (κ3) is 5.44. The van der Waals surface area contributed by atoms with E-state index in [1.807, 2.05) is 6.92 Å². The Morgan fingerprint density at radius 1 is 1.35 bits per heavy atom. The summed E-state index contributed by atoms with van der Waals surface area (Å²) in [6, 6.07) is 6.50. The maximum atomic E-state index is 12.1. The second-order valence-electron chi connectivity index (χ2n) is 7.65. The predicted octanol–water partition coefficient (Wildman–Crippen LogP) is 0.481. The van der Waals surface area contributed by atoms with Crippen molar-refractivity contribution >= 4 is 5.69 Å². The number of hydrogen-bond acceptors (Lipinski definition) is 8. The number of aliphatic hydroxyl groups excluding tert-OH is 2. The maximum Gasteiger partial charge on any atom is 0.330 e. The molecular weight excluding hydrogens is 410 g/mol. The summed E-state index contributed by atoms with van der Waals surface area (Å²) in [6.45, 7) is 1.67. The van der Waals surface area contributed by atoms with Crippen molar-refractivity contribution in [2.45, 2.75) is 44.8 Å². The van der Waals surface area contributed by atoms with Crippen molar-refractivity contribution in [3.8, 4) is 0 Å². The van der Waals surface area contributed by atoms with Crippen molar-refractivity contribution in [1.82, 2.24) is 9.55 Å². The molecule has 0 spiro atoms. The number of aromatic nitrogens is 2. The van der Waals surface area contributed by atoms with E-state index in [1.165, 1.54) is 12.3 Å². The minimum Gasteiger partial charge on any atom is -0.394 e. The van der Waals surface area contributed by atoms with Gasteiger partial charge in [-0.2, -0.15) is 0 Å². The summed E-state index contributed by atoms with van der Waals surface area (Å²) >= 11 is 0.